The molecule has 14 heavy (non-hydrogen) atoms. The third-order valence-corrected chi connectivity index (χ3v) is 2.28. The normalized spacial score (nSPS) is 23.0. The molecule has 0 aliphatic carbocycles. The lowest BCUT2D eigenvalue weighted by atomic mass is 10.3. The van der Waals surface area contributed by atoms with Crippen molar-refractivity contribution < 1.29 is 14.3 Å². The molecule has 1 atom stereocenters. The van der Waals surface area contributed by atoms with Crippen LogP contribution in [0, 0.1) is 0 Å². The maximum absolute atomic E-state index is 11.3. The molecule has 0 aromatic carbocycles. The quantitative estimate of drug-likeness (QED) is 0.626. The van der Waals surface area contributed by atoms with Crippen LogP contribution < -0.4 is 0 Å². The number of carbonyl (C=O) groups is 1. The lowest BCUT2D eigenvalue weighted by Gasteiger charge is -2.15. The minimum Gasteiger partial charge on any atom is -0.462 e. The van der Waals surface area contributed by atoms with E-state index in [0.717, 1.165) is 19.5 Å². The summed E-state index contributed by atoms with van der Waals surface area (Å²) in [6, 6.07) is 0. The number of hydrogen-bond donors (Lipinski definition) is 0. The van der Waals surface area contributed by atoms with E-state index in [4.69, 9.17) is 9.47 Å². The molecule has 82 valence electrons. The number of nitrogens with zero attached hydrogens (tertiary/aromatic N) is 1. The first-order chi connectivity index (χ1) is 6.61. The third-order valence-electron chi connectivity index (χ3n) is 2.28. The number of likely N-dealkylation sites (tertiary alicyclic amines) is 1. The van der Waals surface area contributed by atoms with E-state index in [1.165, 1.54) is 0 Å². The zero-order valence-corrected chi connectivity index (χ0v) is 9.16. The first-order valence-electron chi connectivity index (χ1n) is 5.06. The summed E-state index contributed by atoms with van der Waals surface area (Å²) in [4.78, 5) is 13.4. The van der Waals surface area contributed by atoms with Crippen molar-refractivity contribution in [3.05, 3.63) is 0 Å². The molecule has 1 fully saturated rings. The maximum atomic E-state index is 11.3. The molecule has 1 unspecified atom stereocenters. The second-order valence-electron chi connectivity index (χ2n) is 3.92. The van der Waals surface area contributed by atoms with Gasteiger partial charge in [-0.25, -0.2) is 0 Å². The second-order valence-corrected chi connectivity index (χ2v) is 3.92. The van der Waals surface area contributed by atoms with Gasteiger partial charge in [-0.1, -0.05) is 0 Å². The molecule has 0 saturated carbocycles. The van der Waals surface area contributed by atoms with Gasteiger partial charge in [-0.05, 0) is 20.3 Å². The molecule has 0 N–H and O–H groups in total. The minimum atomic E-state index is -0.142. The van der Waals surface area contributed by atoms with Crippen LogP contribution in [0.4, 0.5) is 0 Å². The topological polar surface area (TPSA) is 38.8 Å². The Morgan fingerprint density at radius 3 is 2.79 bits per heavy atom. The van der Waals surface area contributed by atoms with Gasteiger partial charge in [0, 0.05) is 20.2 Å². The number of carbonyl (C=O) groups excluding carboxylic acids is 1. The van der Waals surface area contributed by atoms with E-state index in [2.05, 4.69) is 4.90 Å². The van der Waals surface area contributed by atoms with Crippen LogP contribution in [-0.2, 0) is 14.3 Å². The van der Waals surface area contributed by atoms with Crippen molar-refractivity contribution in [3.8, 4) is 0 Å². The van der Waals surface area contributed by atoms with E-state index >= 15 is 0 Å². The van der Waals surface area contributed by atoms with E-state index in [0.29, 0.717) is 6.54 Å². The summed E-state index contributed by atoms with van der Waals surface area (Å²) in [5.74, 6) is -0.142. The number of ether oxygens (including phenoxy) is 2. The molecule has 1 rings (SSSR count). The van der Waals surface area contributed by atoms with E-state index in [1.54, 1.807) is 7.11 Å². The monoisotopic (exact) mass is 201 g/mol. The molecular formula is C10H19NO3. The summed E-state index contributed by atoms with van der Waals surface area (Å²) in [5.41, 5.74) is 0. The fourth-order valence-corrected chi connectivity index (χ4v) is 1.62. The lowest BCUT2D eigenvalue weighted by molar-refractivity contribution is -0.148. The Labute approximate surface area is 85.2 Å². The maximum Gasteiger partial charge on any atom is 0.320 e. The Bertz CT molecular complexity index is 194. The molecule has 1 aliphatic rings. The Kier molecular flexibility index (Phi) is 4.35. The van der Waals surface area contributed by atoms with E-state index < -0.39 is 0 Å². The van der Waals surface area contributed by atoms with Crippen molar-refractivity contribution >= 4 is 5.97 Å². The number of methoxy groups -OCH3 is 1. The van der Waals surface area contributed by atoms with Crippen LogP contribution in [0.2, 0.25) is 0 Å². The highest BCUT2D eigenvalue weighted by Gasteiger charge is 2.24. The highest BCUT2D eigenvalue weighted by atomic mass is 16.5. The van der Waals surface area contributed by atoms with Crippen LogP contribution in [0.15, 0.2) is 0 Å². The molecule has 0 amide bonds. The van der Waals surface area contributed by atoms with Crippen molar-refractivity contribution in [1.29, 1.82) is 0 Å². The molecule has 0 bridgehead atoms. The number of hydrogen-bond acceptors (Lipinski definition) is 4. The van der Waals surface area contributed by atoms with Gasteiger partial charge < -0.3 is 9.47 Å². The Morgan fingerprint density at radius 2 is 2.29 bits per heavy atom. The predicted octanol–water partition coefficient (Wildman–Crippen LogP) is 0.659. The lowest BCUT2D eigenvalue weighted by Crippen LogP contribution is -2.31. The average Bonchev–Trinajstić information content (AvgIpc) is 2.50. The summed E-state index contributed by atoms with van der Waals surface area (Å²) in [6.07, 6.45) is 1.26. The zero-order chi connectivity index (χ0) is 10.6. The molecule has 1 saturated heterocycles. The first kappa shape index (κ1) is 11.5. The summed E-state index contributed by atoms with van der Waals surface area (Å²) in [5, 5.41) is 0. The smallest absolute Gasteiger partial charge is 0.320 e. The van der Waals surface area contributed by atoms with Gasteiger partial charge >= 0.3 is 5.97 Å². The zero-order valence-electron chi connectivity index (χ0n) is 9.16. The molecule has 0 aromatic heterocycles. The molecular weight excluding hydrogens is 182 g/mol. The van der Waals surface area contributed by atoms with E-state index in [1.807, 2.05) is 13.8 Å². The molecule has 1 heterocycles. The Hall–Kier alpha value is -0.610. The fourth-order valence-electron chi connectivity index (χ4n) is 1.62. The van der Waals surface area contributed by atoms with Crippen LogP contribution in [0.3, 0.4) is 0 Å². The van der Waals surface area contributed by atoms with Gasteiger partial charge in [0.2, 0.25) is 0 Å². The molecule has 1 aliphatic heterocycles. The van der Waals surface area contributed by atoms with E-state index in [-0.39, 0.29) is 18.2 Å². The second kappa shape index (κ2) is 5.32. The summed E-state index contributed by atoms with van der Waals surface area (Å²) < 4.78 is 10.3. The van der Waals surface area contributed by atoms with Crippen LogP contribution in [0.5, 0.6) is 0 Å². The molecule has 4 heteroatoms. The first-order valence-corrected chi connectivity index (χ1v) is 5.06. The molecule has 0 spiro atoms. The highest BCUT2D eigenvalue weighted by Crippen LogP contribution is 2.11. The van der Waals surface area contributed by atoms with E-state index in [9.17, 15) is 4.79 Å². The van der Waals surface area contributed by atoms with Crippen molar-refractivity contribution in [2.45, 2.75) is 32.5 Å². The summed E-state index contributed by atoms with van der Waals surface area (Å²) in [6.45, 7) is 5.87. The standard InChI is InChI=1S/C10H19NO3/c1-8(2)14-10(12)7-11-5-4-9(6-11)13-3/h8-9H,4-7H2,1-3H3. The average molecular weight is 201 g/mol. The largest absolute Gasteiger partial charge is 0.462 e. The predicted molar refractivity (Wildman–Crippen MR) is 53.1 cm³/mol. The highest BCUT2D eigenvalue weighted by molar-refractivity contribution is 5.71. The Balaban J connectivity index is 2.22. The van der Waals surface area contributed by atoms with Crippen molar-refractivity contribution in [3.63, 3.8) is 0 Å². The Morgan fingerprint density at radius 1 is 1.57 bits per heavy atom. The molecule has 4 nitrogen and oxygen atoms in total. The van der Waals surface area contributed by atoms with Crippen LogP contribution in [0.25, 0.3) is 0 Å². The van der Waals surface area contributed by atoms with Crippen LogP contribution in [-0.4, -0.2) is 49.8 Å². The molecule has 0 radical (unpaired) electrons. The van der Waals surface area contributed by atoms with Gasteiger partial charge in [-0.3, -0.25) is 9.69 Å². The van der Waals surface area contributed by atoms with Crippen LogP contribution >= 0.6 is 0 Å². The third kappa shape index (κ3) is 3.64. The SMILES string of the molecule is COC1CCN(CC(=O)OC(C)C)C1. The number of rotatable bonds is 4. The van der Waals surface area contributed by atoms with Gasteiger partial charge in [0.15, 0.2) is 0 Å². The summed E-state index contributed by atoms with van der Waals surface area (Å²) in [7, 11) is 1.71. The summed E-state index contributed by atoms with van der Waals surface area (Å²) >= 11 is 0. The minimum absolute atomic E-state index is 0.0247. The van der Waals surface area contributed by atoms with Crippen molar-refractivity contribution in [1.82, 2.24) is 4.90 Å². The van der Waals surface area contributed by atoms with Crippen LogP contribution in [0.1, 0.15) is 20.3 Å². The van der Waals surface area contributed by atoms with Crippen molar-refractivity contribution in [2.24, 2.45) is 0 Å². The van der Waals surface area contributed by atoms with Crippen molar-refractivity contribution in [2.75, 3.05) is 26.7 Å². The number of esters is 1. The van der Waals surface area contributed by atoms with Gasteiger partial charge in [0.05, 0.1) is 18.8 Å². The van der Waals surface area contributed by atoms with Gasteiger partial charge in [-0.15, -0.1) is 0 Å². The molecule has 0 aromatic rings. The van der Waals surface area contributed by atoms with Gasteiger partial charge in [0.1, 0.15) is 0 Å². The fraction of sp³-hybridized carbons (Fsp3) is 0.900. The van der Waals surface area contributed by atoms with Gasteiger partial charge in [-0.2, -0.15) is 0 Å². The van der Waals surface area contributed by atoms with Gasteiger partial charge in [0.25, 0.3) is 0 Å².